The zero-order valence-corrected chi connectivity index (χ0v) is 15.5. The number of hydrogen-bond donors (Lipinski definition) is 5. The van der Waals surface area contributed by atoms with Crippen molar-refractivity contribution in [2.24, 2.45) is 5.50 Å². The topological polar surface area (TPSA) is 192 Å². The van der Waals surface area contributed by atoms with Crippen molar-refractivity contribution in [2.75, 3.05) is 12.3 Å². The van der Waals surface area contributed by atoms with Crippen molar-refractivity contribution in [3.05, 3.63) is 12.7 Å². The van der Waals surface area contributed by atoms with Gasteiger partial charge in [-0.15, -0.1) is 0 Å². The molecule has 0 aliphatic carbocycles. The molecule has 24 heavy (non-hydrogen) atoms. The van der Waals surface area contributed by atoms with Gasteiger partial charge in [0.15, 0.2) is 17.7 Å². The molecule has 2 aromatic rings. The van der Waals surface area contributed by atoms with E-state index in [1.165, 1.54) is 17.2 Å². The SMILES string of the molecule is Nc1ncnc2c1ncn2C1OC(COP(N)(=O)O)C(O)C1O.[Na]. The summed E-state index contributed by atoms with van der Waals surface area (Å²) < 4.78 is 22.3. The predicted molar refractivity (Wildman–Crippen MR) is 81.4 cm³/mol. The average molecular weight is 369 g/mol. The maximum absolute atomic E-state index is 10.9. The van der Waals surface area contributed by atoms with Crippen LogP contribution in [-0.4, -0.2) is 89.1 Å². The number of nitrogens with two attached hydrogens (primary N) is 2. The summed E-state index contributed by atoms with van der Waals surface area (Å²) in [6.45, 7) is -0.469. The third kappa shape index (κ3) is 3.78. The minimum Gasteiger partial charge on any atom is -0.387 e. The molecule has 0 amide bonds. The van der Waals surface area contributed by atoms with E-state index in [9.17, 15) is 14.8 Å². The summed E-state index contributed by atoms with van der Waals surface area (Å²) in [5.74, 6) is 0.158. The van der Waals surface area contributed by atoms with E-state index in [1.54, 1.807) is 0 Å². The Bertz CT molecular complexity index is 769. The maximum Gasteiger partial charge on any atom is 0.400 e. The fraction of sp³-hybridized carbons (Fsp3) is 0.500. The summed E-state index contributed by atoms with van der Waals surface area (Å²) >= 11 is 0. The molecule has 127 valence electrons. The Kier molecular flexibility index (Phi) is 5.98. The molecule has 0 bridgehead atoms. The van der Waals surface area contributed by atoms with Crippen LogP contribution in [0.3, 0.4) is 0 Å². The number of aliphatic hydroxyl groups excluding tert-OH is 2. The van der Waals surface area contributed by atoms with Crippen LogP contribution in [-0.2, 0) is 13.8 Å². The Morgan fingerprint density at radius 3 is 2.71 bits per heavy atom. The molecule has 3 rings (SSSR count). The van der Waals surface area contributed by atoms with Crippen LogP contribution in [0.5, 0.6) is 0 Å². The summed E-state index contributed by atoms with van der Waals surface area (Å²) in [5, 5.41) is 20.1. The molecule has 3 heterocycles. The van der Waals surface area contributed by atoms with E-state index < -0.39 is 38.9 Å². The van der Waals surface area contributed by atoms with Crippen molar-refractivity contribution in [3.63, 3.8) is 0 Å². The summed E-state index contributed by atoms with van der Waals surface area (Å²) in [4.78, 5) is 20.8. The van der Waals surface area contributed by atoms with Gasteiger partial charge in [0.2, 0.25) is 0 Å². The van der Waals surface area contributed by atoms with Gasteiger partial charge in [-0.25, -0.2) is 25.0 Å². The Balaban J connectivity index is 0.00000208. The van der Waals surface area contributed by atoms with Gasteiger partial charge in [0.25, 0.3) is 0 Å². The molecule has 0 aromatic carbocycles. The largest absolute Gasteiger partial charge is 0.400 e. The van der Waals surface area contributed by atoms with Gasteiger partial charge in [-0.2, -0.15) is 0 Å². The fourth-order valence-corrected chi connectivity index (χ4v) is 2.69. The zero-order chi connectivity index (χ0) is 16.8. The van der Waals surface area contributed by atoms with Crippen molar-refractivity contribution >= 4 is 54.3 Å². The molecule has 5 atom stereocenters. The first-order valence-corrected chi connectivity index (χ1v) is 8.13. The van der Waals surface area contributed by atoms with Gasteiger partial charge >= 0.3 is 7.75 Å². The first-order valence-electron chi connectivity index (χ1n) is 6.48. The van der Waals surface area contributed by atoms with E-state index in [4.69, 9.17) is 20.9 Å². The molecule has 0 spiro atoms. The third-order valence-corrected chi connectivity index (χ3v) is 3.94. The second-order valence-electron chi connectivity index (χ2n) is 4.99. The zero-order valence-electron chi connectivity index (χ0n) is 12.6. The number of imidazole rings is 1. The van der Waals surface area contributed by atoms with Gasteiger partial charge < -0.3 is 25.6 Å². The molecule has 1 saturated heterocycles. The second-order valence-corrected chi connectivity index (χ2v) is 6.38. The smallest absolute Gasteiger partial charge is 0.387 e. The molecule has 0 saturated carbocycles. The van der Waals surface area contributed by atoms with Gasteiger partial charge in [-0.3, -0.25) is 9.09 Å². The van der Waals surface area contributed by atoms with E-state index >= 15 is 0 Å². The number of ether oxygens (including phenoxy) is 1. The molecular weight excluding hydrogens is 354 g/mol. The quantitative estimate of drug-likeness (QED) is 0.288. The minimum atomic E-state index is -4.22. The third-order valence-electron chi connectivity index (χ3n) is 3.42. The number of nitrogens with zero attached hydrogens (tertiary/aromatic N) is 4. The molecule has 1 radical (unpaired) electrons. The molecule has 14 heteroatoms. The number of hydrogen-bond acceptors (Lipinski definition) is 9. The second kappa shape index (κ2) is 7.30. The van der Waals surface area contributed by atoms with Gasteiger partial charge in [-0.1, -0.05) is 0 Å². The Labute approximate surface area is 157 Å². The number of rotatable bonds is 4. The predicted octanol–water partition coefficient (Wildman–Crippen LogP) is -2.28. The van der Waals surface area contributed by atoms with Gasteiger partial charge in [-0.05, 0) is 0 Å². The number of aliphatic hydroxyl groups is 2. The summed E-state index contributed by atoms with van der Waals surface area (Å²) in [7, 11) is -4.22. The van der Waals surface area contributed by atoms with Crippen molar-refractivity contribution in [1.29, 1.82) is 0 Å². The Morgan fingerprint density at radius 1 is 1.33 bits per heavy atom. The summed E-state index contributed by atoms with van der Waals surface area (Å²) in [5.41, 5.74) is 11.2. The number of nitrogen functional groups attached to an aromatic ring is 1. The van der Waals surface area contributed by atoms with Crippen LogP contribution in [0.25, 0.3) is 11.2 Å². The first kappa shape index (κ1) is 19.7. The van der Waals surface area contributed by atoms with Crippen LogP contribution in [0.4, 0.5) is 5.82 Å². The van der Waals surface area contributed by atoms with Gasteiger partial charge in [0.1, 0.15) is 30.2 Å². The molecule has 1 aliphatic rings. The summed E-state index contributed by atoms with van der Waals surface area (Å²) in [6.07, 6.45) is -2.23. The van der Waals surface area contributed by atoms with E-state index in [2.05, 4.69) is 19.5 Å². The normalized spacial score (nSPS) is 29.3. The van der Waals surface area contributed by atoms with Crippen LogP contribution in [0.1, 0.15) is 6.23 Å². The van der Waals surface area contributed by atoms with Crippen LogP contribution < -0.4 is 11.2 Å². The van der Waals surface area contributed by atoms with E-state index in [0.29, 0.717) is 11.2 Å². The number of anilines is 1. The van der Waals surface area contributed by atoms with Gasteiger partial charge in [0.05, 0.1) is 12.9 Å². The molecule has 5 unspecified atom stereocenters. The molecule has 7 N–H and O–H groups in total. The summed E-state index contributed by atoms with van der Waals surface area (Å²) in [6, 6.07) is 0. The van der Waals surface area contributed by atoms with E-state index in [1.807, 2.05) is 0 Å². The van der Waals surface area contributed by atoms with Gasteiger partial charge in [0, 0.05) is 29.6 Å². The Hall–Kier alpha value is -0.660. The molecule has 1 aliphatic heterocycles. The van der Waals surface area contributed by atoms with Crippen LogP contribution in [0, 0.1) is 0 Å². The first-order chi connectivity index (χ1) is 10.8. The van der Waals surface area contributed by atoms with Crippen LogP contribution in [0.15, 0.2) is 12.7 Å². The minimum absolute atomic E-state index is 0. The maximum atomic E-state index is 10.9. The fourth-order valence-electron chi connectivity index (χ4n) is 2.33. The molecule has 12 nitrogen and oxygen atoms in total. The van der Waals surface area contributed by atoms with Crippen molar-refractivity contribution < 1.29 is 28.9 Å². The standard InChI is InChI=1S/C10H15N6O6P.Na/c11-8-5-9(14-2-13-8)16(3-15-5)10-7(18)6(17)4(22-10)1-21-23(12,19)20;/h2-4,6-7,10,17-18H,1H2,(H2,11,13,14)(H3,12,19,20);. The van der Waals surface area contributed by atoms with E-state index in [0.717, 1.165) is 0 Å². The number of fused-ring (bicyclic) bond motifs is 1. The monoisotopic (exact) mass is 369 g/mol. The Morgan fingerprint density at radius 2 is 2.04 bits per heavy atom. The molecular formula is C10H15N6NaO6P. The van der Waals surface area contributed by atoms with Crippen molar-refractivity contribution in [3.8, 4) is 0 Å². The molecule has 2 aromatic heterocycles. The van der Waals surface area contributed by atoms with Crippen molar-refractivity contribution in [1.82, 2.24) is 19.5 Å². The van der Waals surface area contributed by atoms with Crippen molar-refractivity contribution in [2.45, 2.75) is 24.5 Å². The van der Waals surface area contributed by atoms with Crippen LogP contribution in [0.2, 0.25) is 0 Å². The number of aromatic nitrogens is 4. The average Bonchev–Trinajstić information content (AvgIpc) is 3.01. The van der Waals surface area contributed by atoms with Crippen LogP contribution >= 0.6 is 7.75 Å². The molecule has 1 fully saturated rings. The van der Waals surface area contributed by atoms with E-state index in [-0.39, 0.29) is 35.4 Å².